The van der Waals surface area contributed by atoms with Gasteiger partial charge in [-0.05, 0) is 34.9 Å². The molecule has 110 valence electrons. The van der Waals surface area contributed by atoms with E-state index in [1.807, 2.05) is 18.2 Å². The summed E-state index contributed by atoms with van der Waals surface area (Å²) in [5, 5.41) is 3.24. The van der Waals surface area contributed by atoms with Gasteiger partial charge >= 0.3 is 0 Å². The summed E-state index contributed by atoms with van der Waals surface area (Å²) in [6, 6.07) is 10.9. The van der Waals surface area contributed by atoms with Crippen LogP contribution in [0, 0.1) is 5.82 Å². The number of sulfonamides is 1. The Kier molecular flexibility index (Phi) is 3.75. The Balaban J connectivity index is 1.75. The largest absolute Gasteiger partial charge is 0.309 e. The molecule has 2 aromatic rings. The lowest BCUT2D eigenvalue weighted by Gasteiger charge is -2.08. The monoisotopic (exact) mass is 306 g/mol. The van der Waals surface area contributed by atoms with E-state index < -0.39 is 15.8 Å². The second-order valence-corrected chi connectivity index (χ2v) is 6.76. The van der Waals surface area contributed by atoms with Crippen molar-refractivity contribution in [3.05, 3.63) is 65.0 Å². The molecule has 6 heteroatoms. The van der Waals surface area contributed by atoms with E-state index in [1.54, 1.807) is 0 Å². The predicted octanol–water partition coefficient (Wildman–Crippen LogP) is 1.91. The van der Waals surface area contributed by atoms with Gasteiger partial charge in [0.2, 0.25) is 10.0 Å². The molecular formula is C15H15FN2O2S. The quantitative estimate of drug-likeness (QED) is 0.907. The zero-order valence-electron chi connectivity index (χ0n) is 11.3. The molecule has 2 aromatic carbocycles. The molecule has 0 saturated heterocycles. The number of hydrogen-bond acceptors (Lipinski definition) is 3. The summed E-state index contributed by atoms with van der Waals surface area (Å²) >= 11 is 0. The number of rotatable bonds is 4. The summed E-state index contributed by atoms with van der Waals surface area (Å²) < 4.78 is 39.8. The standard InChI is InChI=1S/C15H15FN2O2S/c16-14-2-1-3-15(7-14)21(19,20)18-8-11-4-5-12-9-17-10-13(12)6-11/h1-7,17-18H,8-10H2. The molecule has 3 rings (SSSR count). The van der Waals surface area contributed by atoms with Crippen LogP contribution >= 0.6 is 0 Å². The molecule has 1 aliphatic rings. The number of benzene rings is 2. The third kappa shape index (κ3) is 3.12. The molecule has 4 nitrogen and oxygen atoms in total. The van der Waals surface area contributed by atoms with Crippen LogP contribution in [0.5, 0.6) is 0 Å². The number of halogens is 1. The van der Waals surface area contributed by atoms with E-state index in [2.05, 4.69) is 10.0 Å². The van der Waals surface area contributed by atoms with Crippen molar-refractivity contribution in [1.82, 2.24) is 10.0 Å². The van der Waals surface area contributed by atoms with Gasteiger partial charge in [-0.3, -0.25) is 0 Å². The van der Waals surface area contributed by atoms with Crippen molar-refractivity contribution in [2.45, 2.75) is 24.5 Å². The fraction of sp³-hybridized carbons (Fsp3) is 0.200. The van der Waals surface area contributed by atoms with Crippen LogP contribution in [-0.4, -0.2) is 8.42 Å². The van der Waals surface area contributed by atoms with Gasteiger partial charge in [-0.1, -0.05) is 24.3 Å². The summed E-state index contributed by atoms with van der Waals surface area (Å²) in [6.45, 7) is 1.84. The lowest BCUT2D eigenvalue weighted by Crippen LogP contribution is -2.23. The summed E-state index contributed by atoms with van der Waals surface area (Å²) in [6.07, 6.45) is 0. The van der Waals surface area contributed by atoms with Gasteiger partial charge in [0.05, 0.1) is 4.90 Å². The molecule has 21 heavy (non-hydrogen) atoms. The molecule has 0 spiro atoms. The Morgan fingerprint density at radius 1 is 1.10 bits per heavy atom. The molecule has 0 aromatic heterocycles. The van der Waals surface area contributed by atoms with E-state index in [9.17, 15) is 12.8 Å². The van der Waals surface area contributed by atoms with Crippen molar-refractivity contribution in [2.75, 3.05) is 0 Å². The highest BCUT2D eigenvalue weighted by Crippen LogP contribution is 2.17. The maximum absolute atomic E-state index is 13.1. The average molecular weight is 306 g/mol. The minimum atomic E-state index is -3.70. The van der Waals surface area contributed by atoms with Crippen LogP contribution < -0.4 is 10.0 Å². The average Bonchev–Trinajstić information content (AvgIpc) is 2.93. The maximum atomic E-state index is 13.1. The van der Waals surface area contributed by atoms with E-state index in [-0.39, 0.29) is 11.4 Å². The zero-order chi connectivity index (χ0) is 14.9. The molecule has 0 saturated carbocycles. The van der Waals surface area contributed by atoms with Gasteiger partial charge in [-0.15, -0.1) is 0 Å². The first-order valence-electron chi connectivity index (χ1n) is 6.61. The highest BCUT2D eigenvalue weighted by molar-refractivity contribution is 7.89. The molecule has 0 atom stereocenters. The summed E-state index contributed by atoms with van der Waals surface area (Å²) in [4.78, 5) is -0.0645. The van der Waals surface area contributed by atoms with Crippen LogP contribution in [0.4, 0.5) is 4.39 Å². The van der Waals surface area contributed by atoms with E-state index in [1.165, 1.54) is 29.3 Å². The second-order valence-electron chi connectivity index (χ2n) is 4.99. The molecule has 0 aliphatic carbocycles. The van der Waals surface area contributed by atoms with Crippen molar-refractivity contribution in [3.63, 3.8) is 0 Å². The second kappa shape index (κ2) is 5.55. The van der Waals surface area contributed by atoms with E-state index in [0.29, 0.717) is 0 Å². The normalized spacial score (nSPS) is 14.1. The van der Waals surface area contributed by atoms with Crippen LogP contribution in [0.25, 0.3) is 0 Å². The van der Waals surface area contributed by atoms with Gasteiger partial charge in [-0.25, -0.2) is 17.5 Å². The van der Waals surface area contributed by atoms with Crippen molar-refractivity contribution in [3.8, 4) is 0 Å². The van der Waals surface area contributed by atoms with Gasteiger partial charge in [0.1, 0.15) is 5.82 Å². The number of hydrogen-bond donors (Lipinski definition) is 2. The summed E-state index contributed by atoms with van der Waals surface area (Å²) in [7, 11) is -3.70. The predicted molar refractivity (Wildman–Crippen MR) is 77.4 cm³/mol. The lowest BCUT2D eigenvalue weighted by molar-refractivity contribution is 0.577. The van der Waals surface area contributed by atoms with E-state index >= 15 is 0 Å². The fourth-order valence-corrected chi connectivity index (χ4v) is 3.40. The molecule has 0 amide bonds. The Morgan fingerprint density at radius 2 is 1.90 bits per heavy atom. The van der Waals surface area contributed by atoms with Crippen molar-refractivity contribution in [2.24, 2.45) is 0 Å². The third-order valence-electron chi connectivity index (χ3n) is 3.47. The first-order chi connectivity index (χ1) is 10.0. The molecule has 0 fully saturated rings. The Labute approximate surface area is 123 Å². The molecule has 2 N–H and O–H groups in total. The topological polar surface area (TPSA) is 58.2 Å². The molecular weight excluding hydrogens is 291 g/mol. The molecule has 0 unspecified atom stereocenters. The molecule has 0 bridgehead atoms. The van der Waals surface area contributed by atoms with Gasteiger partial charge < -0.3 is 5.32 Å². The molecule has 0 radical (unpaired) electrons. The van der Waals surface area contributed by atoms with Gasteiger partial charge in [0, 0.05) is 19.6 Å². The zero-order valence-corrected chi connectivity index (χ0v) is 12.1. The van der Waals surface area contributed by atoms with Gasteiger partial charge in [-0.2, -0.15) is 0 Å². The lowest BCUT2D eigenvalue weighted by atomic mass is 10.1. The van der Waals surface area contributed by atoms with E-state index in [0.717, 1.165) is 24.7 Å². The third-order valence-corrected chi connectivity index (χ3v) is 4.87. The minimum Gasteiger partial charge on any atom is -0.309 e. The Hall–Kier alpha value is -1.76. The van der Waals surface area contributed by atoms with Crippen LogP contribution in [0.2, 0.25) is 0 Å². The maximum Gasteiger partial charge on any atom is 0.240 e. The van der Waals surface area contributed by atoms with Crippen LogP contribution in [-0.2, 0) is 29.7 Å². The smallest absolute Gasteiger partial charge is 0.240 e. The van der Waals surface area contributed by atoms with E-state index in [4.69, 9.17) is 0 Å². The molecule has 1 heterocycles. The first kappa shape index (κ1) is 14.2. The SMILES string of the molecule is O=S(=O)(NCc1ccc2c(c1)CNC2)c1cccc(F)c1. The first-order valence-corrected chi connectivity index (χ1v) is 8.09. The minimum absolute atomic E-state index is 0.0645. The van der Waals surface area contributed by atoms with Gasteiger partial charge in [0.15, 0.2) is 0 Å². The number of fused-ring (bicyclic) bond motifs is 1. The highest BCUT2D eigenvalue weighted by Gasteiger charge is 2.15. The van der Waals surface area contributed by atoms with Crippen molar-refractivity contribution >= 4 is 10.0 Å². The fourth-order valence-electron chi connectivity index (χ4n) is 2.35. The van der Waals surface area contributed by atoms with Crippen molar-refractivity contribution < 1.29 is 12.8 Å². The Morgan fingerprint density at radius 3 is 2.71 bits per heavy atom. The van der Waals surface area contributed by atoms with Crippen LogP contribution in [0.3, 0.4) is 0 Å². The highest BCUT2D eigenvalue weighted by atomic mass is 32.2. The summed E-state index contributed by atoms with van der Waals surface area (Å²) in [5.74, 6) is -0.568. The van der Waals surface area contributed by atoms with Gasteiger partial charge in [0.25, 0.3) is 0 Å². The van der Waals surface area contributed by atoms with Crippen molar-refractivity contribution in [1.29, 1.82) is 0 Å². The van der Waals surface area contributed by atoms with Crippen LogP contribution in [0.15, 0.2) is 47.4 Å². The van der Waals surface area contributed by atoms with Crippen LogP contribution in [0.1, 0.15) is 16.7 Å². The number of nitrogens with one attached hydrogen (secondary N) is 2. The molecule has 1 aliphatic heterocycles. The Bertz CT molecular complexity index is 775. The summed E-state index contributed by atoms with van der Waals surface area (Å²) in [5.41, 5.74) is 3.32.